The second-order valence-corrected chi connectivity index (χ2v) is 2.54. The van der Waals surface area contributed by atoms with Crippen LogP contribution in [0, 0.1) is 0 Å². The van der Waals surface area contributed by atoms with Gasteiger partial charge in [0.2, 0.25) is 5.91 Å². The van der Waals surface area contributed by atoms with Crippen molar-refractivity contribution >= 4 is 18.3 Å². The lowest BCUT2D eigenvalue weighted by atomic mass is 10.2. The zero-order valence-electron chi connectivity index (χ0n) is 7.35. The Labute approximate surface area is 75.2 Å². The van der Waals surface area contributed by atoms with Crippen LogP contribution in [0.4, 0.5) is 0 Å². The molecule has 0 heterocycles. The summed E-state index contributed by atoms with van der Waals surface area (Å²) >= 11 is 0. The summed E-state index contributed by atoms with van der Waals surface area (Å²) in [4.78, 5) is 10.4. The van der Waals surface area contributed by atoms with Gasteiger partial charge in [0.15, 0.2) is 0 Å². The van der Waals surface area contributed by atoms with Crippen molar-refractivity contribution in [3.05, 3.63) is 0 Å². The molecular formula is C8H18ClNO. The quantitative estimate of drug-likeness (QED) is 0.644. The van der Waals surface area contributed by atoms with Crippen LogP contribution in [0.25, 0.3) is 0 Å². The van der Waals surface area contributed by atoms with Crippen LogP contribution in [-0.2, 0) is 4.79 Å². The highest BCUT2D eigenvalue weighted by atomic mass is 35.5. The first-order chi connectivity index (χ1) is 4.77. The molecule has 0 aromatic heterocycles. The largest absolute Gasteiger partial charge is 0.356 e. The summed E-state index contributed by atoms with van der Waals surface area (Å²) in [6, 6.07) is 0. The van der Waals surface area contributed by atoms with E-state index in [4.69, 9.17) is 0 Å². The van der Waals surface area contributed by atoms with Crippen molar-refractivity contribution in [2.45, 2.75) is 39.5 Å². The number of rotatable bonds is 5. The van der Waals surface area contributed by atoms with Gasteiger partial charge in [0.05, 0.1) is 0 Å². The fourth-order valence-corrected chi connectivity index (χ4v) is 0.816. The second kappa shape index (κ2) is 9.76. The molecule has 0 aromatic carbocycles. The molecule has 0 saturated heterocycles. The molecule has 1 amide bonds. The van der Waals surface area contributed by atoms with Crippen LogP contribution in [0.1, 0.15) is 39.5 Å². The molecule has 0 bridgehead atoms. The smallest absolute Gasteiger partial charge is 0.216 e. The van der Waals surface area contributed by atoms with Crippen molar-refractivity contribution in [2.24, 2.45) is 0 Å². The molecule has 0 unspecified atom stereocenters. The summed E-state index contributed by atoms with van der Waals surface area (Å²) in [5.41, 5.74) is 0. The maximum atomic E-state index is 10.4. The average Bonchev–Trinajstić information content (AvgIpc) is 1.87. The molecular weight excluding hydrogens is 162 g/mol. The third kappa shape index (κ3) is 12.9. The van der Waals surface area contributed by atoms with E-state index >= 15 is 0 Å². The third-order valence-corrected chi connectivity index (χ3v) is 1.40. The highest BCUT2D eigenvalue weighted by molar-refractivity contribution is 5.85. The molecule has 0 rings (SSSR count). The molecule has 0 radical (unpaired) electrons. The van der Waals surface area contributed by atoms with Crippen LogP contribution in [-0.4, -0.2) is 12.5 Å². The summed E-state index contributed by atoms with van der Waals surface area (Å²) < 4.78 is 0. The number of unbranched alkanes of at least 4 members (excludes halogenated alkanes) is 3. The Kier molecular flexibility index (Phi) is 11.9. The number of nitrogens with one attached hydrogen (secondary N) is 1. The van der Waals surface area contributed by atoms with Gasteiger partial charge in [-0.3, -0.25) is 4.79 Å². The van der Waals surface area contributed by atoms with Gasteiger partial charge >= 0.3 is 0 Å². The van der Waals surface area contributed by atoms with E-state index < -0.39 is 0 Å². The van der Waals surface area contributed by atoms with Crippen molar-refractivity contribution in [3.63, 3.8) is 0 Å². The zero-order chi connectivity index (χ0) is 7.82. The summed E-state index contributed by atoms with van der Waals surface area (Å²) in [5.74, 6) is 0.0801. The first kappa shape index (κ1) is 13.4. The Morgan fingerprint density at radius 2 is 1.91 bits per heavy atom. The number of hydrogen-bond acceptors (Lipinski definition) is 1. The number of hydrogen-bond donors (Lipinski definition) is 1. The van der Waals surface area contributed by atoms with Gasteiger partial charge in [-0.15, -0.1) is 12.4 Å². The van der Waals surface area contributed by atoms with E-state index in [0.717, 1.165) is 13.0 Å². The van der Waals surface area contributed by atoms with Crippen LogP contribution < -0.4 is 5.32 Å². The standard InChI is InChI=1S/C8H17NO.ClH/c1-3-4-5-6-7-9-8(2)10;/h3-7H2,1-2H3,(H,9,10);1H. The van der Waals surface area contributed by atoms with Crippen LogP contribution in [0.2, 0.25) is 0 Å². The van der Waals surface area contributed by atoms with E-state index in [9.17, 15) is 4.79 Å². The summed E-state index contributed by atoms with van der Waals surface area (Å²) in [6.45, 7) is 4.58. The molecule has 1 N–H and O–H groups in total. The second-order valence-electron chi connectivity index (χ2n) is 2.54. The van der Waals surface area contributed by atoms with Gasteiger partial charge in [-0.2, -0.15) is 0 Å². The lowest BCUT2D eigenvalue weighted by Crippen LogP contribution is -2.20. The third-order valence-electron chi connectivity index (χ3n) is 1.40. The molecule has 0 aromatic rings. The Hall–Kier alpha value is -0.240. The molecule has 11 heavy (non-hydrogen) atoms. The van der Waals surface area contributed by atoms with E-state index in [2.05, 4.69) is 12.2 Å². The van der Waals surface area contributed by atoms with Crippen molar-refractivity contribution < 1.29 is 4.79 Å². The topological polar surface area (TPSA) is 29.1 Å². The van der Waals surface area contributed by atoms with Gasteiger partial charge in [0, 0.05) is 13.5 Å². The van der Waals surface area contributed by atoms with Gasteiger partial charge in [-0.25, -0.2) is 0 Å². The molecule has 2 nitrogen and oxygen atoms in total. The van der Waals surface area contributed by atoms with Crippen LogP contribution in [0.5, 0.6) is 0 Å². The maximum absolute atomic E-state index is 10.4. The molecule has 68 valence electrons. The average molecular weight is 180 g/mol. The highest BCUT2D eigenvalue weighted by Gasteiger charge is 1.89. The molecule has 0 aliphatic carbocycles. The first-order valence-corrected chi connectivity index (χ1v) is 4.01. The van der Waals surface area contributed by atoms with Crippen LogP contribution >= 0.6 is 12.4 Å². The Morgan fingerprint density at radius 3 is 2.36 bits per heavy atom. The minimum Gasteiger partial charge on any atom is -0.356 e. The van der Waals surface area contributed by atoms with E-state index in [0.29, 0.717) is 0 Å². The minimum atomic E-state index is 0. The lowest BCUT2D eigenvalue weighted by Gasteiger charge is -1.99. The molecule has 0 spiro atoms. The predicted molar refractivity (Wildman–Crippen MR) is 50.1 cm³/mol. The Bertz CT molecular complexity index is 96.1. The van der Waals surface area contributed by atoms with Crippen molar-refractivity contribution in [3.8, 4) is 0 Å². The molecule has 0 aliphatic rings. The first-order valence-electron chi connectivity index (χ1n) is 4.01. The van der Waals surface area contributed by atoms with Gasteiger partial charge in [-0.1, -0.05) is 26.2 Å². The highest BCUT2D eigenvalue weighted by Crippen LogP contribution is 1.96. The Balaban J connectivity index is 0. The summed E-state index contributed by atoms with van der Waals surface area (Å²) in [5, 5.41) is 2.77. The van der Waals surface area contributed by atoms with E-state index in [1.54, 1.807) is 6.92 Å². The molecule has 0 aliphatic heterocycles. The Morgan fingerprint density at radius 1 is 1.27 bits per heavy atom. The van der Waals surface area contributed by atoms with Gasteiger partial charge in [-0.05, 0) is 6.42 Å². The van der Waals surface area contributed by atoms with Gasteiger partial charge in [0.25, 0.3) is 0 Å². The fourth-order valence-electron chi connectivity index (χ4n) is 0.816. The molecule has 3 heteroatoms. The molecule has 0 saturated carbocycles. The minimum absolute atomic E-state index is 0. The summed E-state index contributed by atoms with van der Waals surface area (Å²) in [7, 11) is 0. The number of carbonyl (C=O) groups excluding carboxylic acids is 1. The zero-order valence-corrected chi connectivity index (χ0v) is 8.17. The van der Waals surface area contributed by atoms with Crippen LogP contribution in [0.3, 0.4) is 0 Å². The lowest BCUT2D eigenvalue weighted by molar-refractivity contribution is -0.118. The van der Waals surface area contributed by atoms with Crippen molar-refractivity contribution in [2.75, 3.05) is 6.54 Å². The normalized spacial score (nSPS) is 8.55. The predicted octanol–water partition coefficient (Wildman–Crippen LogP) is 2.12. The van der Waals surface area contributed by atoms with E-state index in [1.807, 2.05) is 0 Å². The van der Waals surface area contributed by atoms with E-state index in [-0.39, 0.29) is 18.3 Å². The number of amides is 1. The van der Waals surface area contributed by atoms with Gasteiger partial charge in [0.1, 0.15) is 0 Å². The molecule has 0 fully saturated rings. The van der Waals surface area contributed by atoms with Crippen LogP contribution in [0.15, 0.2) is 0 Å². The summed E-state index contributed by atoms with van der Waals surface area (Å²) in [6.07, 6.45) is 4.88. The van der Waals surface area contributed by atoms with Crippen molar-refractivity contribution in [1.29, 1.82) is 0 Å². The fraction of sp³-hybridized carbons (Fsp3) is 0.875. The monoisotopic (exact) mass is 179 g/mol. The number of halogens is 1. The van der Waals surface area contributed by atoms with Gasteiger partial charge < -0.3 is 5.32 Å². The number of carbonyl (C=O) groups is 1. The molecule has 0 atom stereocenters. The van der Waals surface area contributed by atoms with E-state index in [1.165, 1.54) is 19.3 Å². The SMILES string of the molecule is CCCCCCNC(C)=O.Cl. The maximum Gasteiger partial charge on any atom is 0.216 e. The van der Waals surface area contributed by atoms with Crippen molar-refractivity contribution in [1.82, 2.24) is 5.32 Å².